The summed E-state index contributed by atoms with van der Waals surface area (Å²) in [6, 6.07) is 0. The molecule has 0 nitrogen and oxygen atoms in total. The molecule has 0 aromatic rings. The van der Waals surface area contributed by atoms with Crippen LogP contribution in [0.3, 0.4) is 0 Å². The number of hydrogen-bond acceptors (Lipinski definition) is 0. The van der Waals surface area contributed by atoms with Crippen molar-refractivity contribution in [1.29, 1.82) is 0 Å². The van der Waals surface area contributed by atoms with E-state index in [2.05, 4.69) is 27.7 Å². The van der Waals surface area contributed by atoms with Gasteiger partial charge in [0.1, 0.15) is 0 Å². The van der Waals surface area contributed by atoms with Crippen LogP contribution in [0.4, 0.5) is 0 Å². The zero-order chi connectivity index (χ0) is 19.3. The van der Waals surface area contributed by atoms with Crippen molar-refractivity contribution < 1.29 is 0 Å². The second kappa shape index (κ2) is 21.3. The standard InChI is InChI=1S/C26H54/c1-5-9-13-19-25(20-14-10-6-2)23-17-18-24-26(21-15-11-7-3)22-16-12-8-4/h25-26H,5-24H2,1-4H3. The van der Waals surface area contributed by atoms with Crippen LogP contribution in [0.2, 0.25) is 0 Å². The Hall–Kier alpha value is 0. The van der Waals surface area contributed by atoms with E-state index in [0.29, 0.717) is 0 Å². The van der Waals surface area contributed by atoms with Gasteiger partial charge < -0.3 is 0 Å². The van der Waals surface area contributed by atoms with E-state index in [1.165, 1.54) is 128 Å². The molecule has 0 rings (SSSR count). The van der Waals surface area contributed by atoms with Crippen LogP contribution in [0.25, 0.3) is 0 Å². The minimum atomic E-state index is 1.03. The Kier molecular flexibility index (Phi) is 21.3. The van der Waals surface area contributed by atoms with E-state index in [0.717, 1.165) is 11.8 Å². The third-order valence-corrected chi connectivity index (χ3v) is 6.34. The molecule has 0 unspecified atom stereocenters. The lowest BCUT2D eigenvalue weighted by molar-refractivity contribution is 0.341. The van der Waals surface area contributed by atoms with Gasteiger partial charge in [-0.15, -0.1) is 0 Å². The molecule has 0 heteroatoms. The lowest BCUT2D eigenvalue weighted by Crippen LogP contribution is -2.04. The van der Waals surface area contributed by atoms with E-state index in [4.69, 9.17) is 0 Å². The lowest BCUT2D eigenvalue weighted by Gasteiger charge is -2.19. The Bertz CT molecular complexity index is 198. The van der Waals surface area contributed by atoms with E-state index >= 15 is 0 Å². The van der Waals surface area contributed by atoms with Crippen molar-refractivity contribution in [3.05, 3.63) is 0 Å². The zero-order valence-electron chi connectivity index (χ0n) is 19.3. The van der Waals surface area contributed by atoms with Gasteiger partial charge in [-0.1, -0.05) is 156 Å². The van der Waals surface area contributed by atoms with Crippen molar-refractivity contribution in [1.82, 2.24) is 0 Å². The van der Waals surface area contributed by atoms with Crippen LogP contribution in [0.1, 0.15) is 156 Å². The van der Waals surface area contributed by atoms with Crippen molar-refractivity contribution in [3.8, 4) is 0 Å². The second-order valence-electron chi connectivity index (χ2n) is 9.00. The molecular formula is C26H54. The highest BCUT2D eigenvalue weighted by atomic mass is 14.2. The average molecular weight is 367 g/mol. The Labute approximate surface area is 168 Å². The van der Waals surface area contributed by atoms with Crippen molar-refractivity contribution >= 4 is 0 Å². The van der Waals surface area contributed by atoms with Gasteiger partial charge >= 0.3 is 0 Å². The number of rotatable bonds is 21. The summed E-state index contributed by atoms with van der Waals surface area (Å²) in [5.74, 6) is 2.07. The monoisotopic (exact) mass is 366 g/mol. The topological polar surface area (TPSA) is 0 Å². The Morgan fingerprint density at radius 3 is 0.692 bits per heavy atom. The van der Waals surface area contributed by atoms with Gasteiger partial charge in [0.2, 0.25) is 0 Å². The van der Waals surface area contributed by atoms with Crippen LogP contribution in [0.15, 0.2) is 0 Å². The second-order valence-corrected chi connectivity index (χ2v) is 9.00. The molecule has 26 heavy (non-hydrogen) atoms. The molecule has 0 aromatic heterocycles. The molecule has 0 radical (unpaired) electrons. The highest BCUT2D eigenvalue weighted by molar-refractivity contribution is 4.64. The third kappa shape index (κ3) is 17.4. The van der Waals surface area contributed by atoms with Gasteiger partial charge in [-0.2, -0.15) is 0 Å². The summed E-state index contributed by atoms with van der Waals surface area (Å²) in [7, 11) is 0. The van der Waals surface area contributed by atoms with Gasteiger partial charge in [0, 0.05) is 0 Å². The maximum atomic E-state index is 2.34. The number of unbranched alkanes of at least 4 members (excludes halogenated alkanes) is 9. The number of hydrogen-bond donors (Lipinski definition) is 0. The molecule has 0 fully saturated rings. The van der Waals surface area contributed by atoms with Crippen molar-refractivity contribution in [3.63, 3.8) is 0 Å². The van der Waals surface area contributed by atoms with Gasteiger partial charge in [0.25, 0.3) is 0 Å². The van der Waals surface area contributed by atoms with Gasteiger partial charge in [-0.05, 0) is 11.8 Å². The first-order valence-corrected chi connectivity index (χ1v) is 12.8. The van der Waals surface area contributed by atoms with Crippen molar-refractivity contribution in [2.75, 3.05) is 0 Å². The molecule has 158 valence electrons. The summed E-state index contributed by atoms with van der Waals surface area (Å²) in [6.45, 7) is 9.35. The Morgan fingerprint density at radius 1 is 0.308 bits per heavy atom. The normalized spacial score (nSPS) is 11.8. The fraction of sp³-hybridized carbons (Fsp3) is 1.00. The smallest absolute Gasteiger partial charge is 0.0414 e. The highest BCUT2D eigenvalue weighted by Gasteiger charge is 2.11. The molecule has 0 aromatic carbocycles. The van der Waals surface area contributed by atoms with Crippen LogP contribution in [0.5, 0.6) is 0 Å². The van der Waals surface area contributed by atoms with Gasteiger partial charge in [0.15, 0.2) is 0 Å². The summed E-state index contributed by atoms with van der Waals surface area (Å²) in [5, 5.41) is 0. The largest absolute Gasteiger partial charge is 0.0654 e. The molecule has 0 bridgehead atoms. The molecule has 0 saturated carbocycles. The van der Waals surface area contributed by atoms with E-state index in [1.807, 2.05) is 0 Å². The Balaban J connectivity index is 4.04. The third-order valence-electron chi connectivity index (χ3n) is 6.34. The summed E-state index contributed by atoms with van der Waals surface area (Å²) in [4.78, 5) is 0. The quantitative estimate of drug-likeness (QED) is 0.177. The summed E-state index contributed by atoms with van der Waals surface area (Å²) < 4.78 is 0. The molecule has 0 aliphatic rings. The predicted octanol–water partition coefficient (Wildman–Crippen LogP) is 10.1. The SMILES string of the molecule is CCCCCC(CCCCC)CCCCC(CCCCC)CCCCC. The van der Waals surface area contributed by atoms with Crippen LogP contribution in [-0.2, 0) is 0 Å². The highest BCUT2D eigenvalue weighted by Crippen LogP contribution is 2.27. The molecule has 0 amide bonds. The van der Waals surface area contributed by atoms with Gasteiger partial charge in [-0.25, -0.2) is 0 Å². The molecular weight excluding hydrogens is 312 g/mol. The summed E-state index contributed by atoms with van der Waals surface area (Å²) in [6.07, 6.45) is 29.3. The first-order chi connectivity index (χ1) is 12.8. The van der Waals surface area contributed by atoms with Crippen LogP contribution in [0, 0.1) is 11.8 Å². The maximum Gasteiger partial charge on any atom is -0.0414 e. The van der Waals surface area contributed by atoms with Crippen LogP contribution in [-0.4, -0.2) is 0 Å². The van der Waals surface area contributed by atoms with Gasteiger partial charge in [-0.3, -0.25) is 0 Å². The Morgan fingerprint density at radius 2 is 0.500 bits per heavy atom. The minimum absolute atomic E-state index is 1.03. The van der Waals surface area contributed by atoms with Crippen molar-refractivity contribution in [2.24, 2.45) is 11.8 Å². The maximum absolute atomic E-state index is 2.34. The van der Waals surface area contributed by atoms with E-state index in [9.17, 15) is 0 Å². The first kappa shape index (κ1) is 26.0. The molecule has 0 spiro atoms. The molecule has 0 atom stereocenters. The van der Waals surface area contributed by atoms with Gasteiger partial charge in [0.05, 0.1) is 0 Å². The summed E-state index contributed by atoms with van der Waals surface area (Å²) >= 11 is 0. The van der Waals surface area contributed by atoms with Crippen molar-refractivity contribution in [2.45, 2.75) is 156 Å². The molecule has 0 aliphatic carbocycles. The molecule has 0 heterocycles. The fourth-order valence-corrected chi connectivity index (χ4v) is 4.46. The lowest BCUT2D eigenvalue weighted by atomic mass is 9.87. The first-order valence-electron chi connectivity index (χ1n) is 12.8. The summed E-state index contributed by atoms with van der Waals surface area (Å²) in [5.41, 5.74) is 0. The van der Waals surface area contributed by atoms with E-state index in [1.54, 1.807) is 0 Å². The molecule has 0 N–H and O–H groups in total. The minimum Gasteiger partial charge on any atom is -0.0654 e. The molecule has 0 aliphatic heterocycles. The predicted molar refractivity (Wildman–Crippen MR) is 122 cm³/mol. The van der Waals surface area contributed by atoms with E-state index in [-0.39, 0.29) is 0 Å². The van der Waals surface area contributed by atoms with E-state index < -0.39 is 0 Å². The zero-order valence-corrected chi connectivity index (χ0v) is 19.3. The van der Waals surface area contributed by atoms with Crippen LogP contribution < -0.4 is 0 Å². The average Bonchev–Trinajstić information content (AvgIpc) is 2.64. The fourth-order valence-electron chi connectivity index (χ4n) is 4.46. The molecule has 0 saturated heterocycles. The van der Waals surface area contributed by atoms with Crippen LogP contribution >= 0.6 is 0 Å².